The number of rotatable bonds is 11. The van der Waals surface area contributed by atoms with E-state index in [1.807, 2.05) is 76.7 Å². The number of carboxylic acids is 1. The zero-order chi connectivity index (χ0) is 34.0. The molecule has 0 bridgehead atoms. The molecule has 1 aromatic heterocycles. The number of hydrogen-bond donors (Lipinski definition) is 4. The van der Waals surface area contributed by atoms with Crippen LogP contribution in [0.25, 0.3) is 22.0 Å². The van der Waals surface area contributed by atoms with Crippen LogP contribution in [0.15, 0.2) is 79.0 Å². The first-order chi connectivity index (χ1) is 22.5. The Kier molecular flexibility index (Phi) is 11.7. The summed E-state index contributed by atoms with van der Waals surface area (Å²) in [6.07, 6.45) is -1.46. The number of carbonyl (C=O) groups excluding carboxylic acids is 3. The molecule has 10 nitrogen and oxygen atoms in total. The number of alkyl halides is 3. The van der Waals surface area contributed by atoms with E-state index in [0.717, 1.165) is 46.1 Å². The van der Waals surface area contributed by atoms with Crippen molar-refractivity contribution in [2.75, 3.05) is 32.7 Å². The molecule has 0 saturated carbocycles. The van der Waals surface area contributed by atoms with Crippen LogP contribution in [-0.4, -0.2) is 82.5 Å². The molecule has 2 heterocycles. The van der Waals surface area contributed by atoms with Crippen LogP contribution in [0.4, 0.5) is 13.2 Å². The number of carbonyl (C=O) groups is 4. The van der Waals surface area contributed by atoms with Crippen LogP contribution in [-0.2, 0) is 27.3 Å². The Bertz CT molecular complexity index is 1720. The van der Waals surface area contributed by atoms with E-state index in [1.165, 1.54) is 0 Å². The van der Waals surface area contributed by atoms with E-state index in [1.54, 1.807) is 6.07 Å². The number of halogens is 3. The first-order valence-corrected chi connectivity index (χ1v) is 15.0. The summed E-state index contributed by atoms with van der Waals surface area (Å²) >= 11 is 0. The number of aliphatic carboxylic acids is 1. The maximum Gasteiger partial charge on any atom is 0.490 e. The number of aromatic nitrogens is 1. The maximum absolute atomic E-state index is 13.7. The van der Waals surface area contributed by atoms with Gasteiger partial charge in [0.1, 0.15) is 0 Å². The highest BCUT2D eigenvalue weighted by atomic mass is 19.4. The number of nitrogens with two attached hydrogens (primary N) is 1. The molecule has 5 rings (SSSR count). The lowest BCUT2D eigenvalue weighted by atomic mass is 10.0. The third-order valence-corrected chi connectivity index (χ3v) is 7.61. The minimum Gasteiger partial charge on any atom is -0.475 e. The molecular formula is C34H36F3N5O5. The predicted octanol–water partition coefficient (Wildman–Crippen LogP) is 4.35. The van der Waals surface area contributed by atoms with Gasteiger partial charge in [-0.1, -0.05) is 48.5 Å². The molecule has 5 N–H and O–H groups in total. The Morgan fingerprint density at radius 3 is 2.38 bits per heavy atom. The highest BCUT2D eigenvalue weighted by Gasteiger charge is 2.38. The fourth-order valence-corrected chi connectivity index (χ4v) is 5.22. The van der Waals surface area contributed by atoms with Gasteiger partial charge in [0.25, 0.3) is 5.91 Å². The average Bonchev–Trinajstić information content (AvgIpc) is 3.67. The van der Waals surface area contributed by atoms with Crippen LogP contribution in [0.3, 0.4) is 0 Å². The van der Waals surface area contributed by atoms with E-state index < -0.39 is 12.1 Å². The lowest BCUT2D eigenvalue weighted by Gasteiger charge is -2.26. The molecule has 0 unspecified atom stereocenters. The van der Waals surface area contributed by atoms with Crippen molar-refractivity contribution in [1.82, 2.24) is 20.1 Å². The van der Waals surface area contributed by atoms with E-state index in [4.69, 9.17) is 15.6 Å². The van der Waals surface area contributed by atoms with Crippen molar-refractivity contribution in [3.05, 3.63) is 95.7 Å². The number of H-pyrrole nitrogens is 1. The van der Waals surface area contributed by atoms with Gasteiger partial charge in [-0.2, -0.15) is 13.2 Å². The SMILES string of the molecule is NCCNC(=O)c1cccc(-c2cccc(CN(CCN3CCCC3=O)C(=O)Cc3c[nH]c4ccccc34)c2)c1.O=C(O)C(F)(F)F. The van der Waals surface area contributed by atoms with Crippen LogP contribution >= 0.6 is 0 Å². The number of aromatic amines is 1. The molecule has 1 fully saturated rings. The summed E-state index contributed by atoms with van der Waals surface area (Å²) in [5, 5.41) is 11.0. The standard InChI is InChI=1S/C32H35N5O3.C2HF3O2/c33-13-14-34-32(40)26-9-4-8-25(19-26)24-7-3-6-23(18-24)22-37(17-16-36-15-5-12-30(36)38)31(39)20-27-21-35-29-11-2-1-10-28(27)29;3-2(4,5)1(6)7/h1-4,6-11,18-19,21,35H,5,12-17,20,22,33H2,(H,34,40);(H,6,7). The fraction of sp³-hybridized carbons (Fsp3) is 0.294. The van der Waals surface area contributed by atoms with Gasteiger partial charge in [-0.3, -0.25) is 14.4 Å². The van der Waals surface area contributed by atoms with Crippen molar-refractivity contribution in [3.63, 3.8) is 0 Å². The van der Waals surface area contributed by atoms with E-state index >= 15 is 0 Å². The highest BCUT2D eigenvalue weighted by molar-refractivity contribution is 5.95. The third kappa shape index (κ3) is 9.66. The summed E-state index contributed by atoms with van der Waals surface area (Å²) in [4.78, 5) is 54.2. The first-order valence-electron chi connectivity index (χ1n) is 15.0. The van der Waals surface area contributed by atoms with Gasteiger partial charge < -0.3 is 30.9 Å². The lowest BCUT2D eigenvalue weighted by molar-refractivity contribution is -0.192. The van der Waals surface area contributed by atoms with Crippen molar-refractivity contribution in [2.24, 2.45) is 5.73 Å². The molecular weight excluding hydrogens is 615 g/mol. The van der Waals surface area contributed by atoms with E-state index in [-0.39, 0.29) is 24.1 Å². The zero-order valence-electron chi connectivity index (χ0n) is 25.6. The van der Waals surface area contributed by atoms with Gasteiger partial charge in [-0.05, 0) is 52.9 Å². The fourth-order valence-electron chi connectivity index (χ4n) is 5.22. The predicted molar refractivity (Wildman–Crippen MR) is 170 cm³/mol. The van der Waals surface area contributed by atoms with Crippen molar-refractivity contribution in [3.8, 4) is 11.1 Å². The summed E-state index contributed by atoms with van der Waals surface area (Å²) in [5.74, 6) is -2.75. The van der Waals surface area contributed by atoms with Crippen LogP contribution in [0.5, 0.6) is 0 Å². The Morgan fingerprint density at radius 2 is 1.70 bits per heavy atom. The summed E-state index contributed by atoms with van der Waals surface area (Å²) < 4.78 is 31.7. The highest BCUT2D eigenvalue weighted by Crippen LogP contribution is 2.24. The molecule has 47 heavy (non-hydrogen) atoms. The van der Waals surface area contributed by atoms with Crippen LogP contribution in [0, 0.1) is 0 Å². The maximum atomic E-state index is 13.7. The topological polar surface area (TPSA) is 149 Å². The molecule has 0 radical (unpaired) electrons. The van der Waals surface area contributed by atoms with Crippen LogP contribution in [0.2, 0.25) is 0 Å². The Balaban J connectivity index is 0.000000644. The molecule has 0 atom stereocenters. The lowest BCUT2D eigenvalue weighted by Crippen LogP contribution is -2.39. The van der Waals surface area contributed by atoms with Crippen molar-refractivity contribution in [2.45, 2.75) is 32.0 Å². The number of likely N-dealkylation sites (tertiary alicyclic amines) is 1. The first kappa shape index (κ1) is 34.7. The van der Waals surface area contributed by atoms with Gasteiger partial charge >= 0.3 is 12.1 Å². The number of hydrogen-bond acceptors (Lipinski definition) is 5. The third-order valence-electron chi connectivity index (χ3n) is 7.61. The molecule has 0 spiro atoms. The molecule has 4 aromatic rings. The van der Waals surface area contributed by atoms with Gasteiger partial charge in [0.2, 0.25) is 11.8 Å². The molecule has 3 aromatic carbocycles. The average molecular weight is 652 g/mol. The molecule has 0 aliphatic carbocycles. The van der Waals surface area contributed by atoms with Gasteiger partial charge in [0.05, 0.1) is 6.42 Å². The second-order valence-electron chi connectivity index (χ2n) is 11.0. The summed E-state index contributed by atoms with van der Waals surface area (Å²) in [6.45, 7) is 2.96. The zero-order valence-corrected chi connectivity index (χ0v) is 25.6. The van der Waals surface area contributed by atoms with Gasteiger partial charge in [0, 0.05) is 68.4 Å². The summed E-state index contributed by atoms with van der Waals surface area (Å²) in [6, 6.07) is 23.5. The number of para-hydroxylation sites is 1. The van der Waals surface area contributed by atoms with E-state index in [0.29, 0.717) is 44.7 Å². The van der Waals surface area contributed by atoms with Crippen molar-refractivity contribution in [1.29, 1.82) is 0 Å². The minimum absolute atomic E-state index is 0.0142. The van der Waals surface area contributed by atoms with Gasteiger partial charge in [0.15, 0.2) is 0 Å². The quantitative estimate of drug-likeness (QED) is 0.190. The molecule has 1 aliphatic rings. The molecule has 3 amide bonds. The van der Waals surface area contributed by atoms with Gasteiger partial charge in [-0.25, -0.2) is 4.79 Å². The minimum atomic E-state index is -5.08. The van der Waals surface area contributed by atoms with Crippen LogP contribution in [0.1, 0.15) is 34.3 Å². The van der Waals surface area contributed by atoms with Crippen molar-refractivity contribution >= 4 is 34.6 Å². The molecule has 248 valence electrons. The molecule has 1 aliphatic heterocycles. The summed E-state index contributed by atoms with van der Waals surface area (Å²) in [5.41, 5.74) is 10.9. The van der Waals surface area contributed by atoms with Crippen LogP contribution < -0.4 is 11.1 Å². The number of amides is 3. The van der Waals surface area contributed by atoms with E-state index in [9.17, 15) is 27.6 Å². The Hall–Kier alpha value is -5.17. The second-order valence-corrected chi connectivity index (χ2v) is 11.0. The van der Waals surface area contributed by atoms with Crippen molar-refractivity contribution < 1.29 is 37.5 Å². The monoisotopic (exact) mass is 651 g/mol. The number of nitrogens with zero attached hydrogens (tertiary/aromatic N) is 2. The van der Waals surface area contributed by atoms with Gasteiger partial charge in [-0.15, -0.1) is 0 Å². The number of nitrogens with one attached hydrogen (secondary N) is 2. The number of carboxylic acid groups (broad SMARTS) is 1. The smallest absolute Gasteiger partial charge is 0.475 e. The second kappa shape index (κ2) is 15.9. The largest absolute Gasteiger partial charge is 0.490 e. The molecule has 1 saturated heterocycles. The Labute approximate surface area is 269 Å². The normalized spacial score (nSPS) is 12.9. The number of benzene rings is 3. The molecule has 13 heteroatoms. The van der Waals surface area contributed by atoms with E-state index in [2.05, 4.69) is 16.4 Å². The summed E-state index contributed by atoms with van der Waals surface area (Å²) in [7, 11) is 0. The number of fused-ring (bicyclic) bond motifs is 1. The Morgan fingerprint density at radius 1 is 1.00 bits per heavy atom.